The van der Waals surface area contributed by atoms with Crippen LogP contribution in [0.1, 0.15) is 43.5 Å². The van der Waals surface area contributed by atoms with Gasteiger partial charge in [0.15, 0.2) is 0 Å². The molecular formula is C20H24N4O2S. The van der Waals surface area contributed by atoms with E-state index in [1.807, 2.05) is 0 Å². The first-order valence-corrected chi connectivity index (χ1v) is 10.4. The molecule has 0 bridgehead atoms. The van der Waals surface area contributed by atoms with Gasteiger partial charge in [0.2, 0.25) is 0 Å². The summed E-state index contributed by atoms with van der Waals surface area (Å²) in [5.41, 5.74) is 4.44. The van der Waals surface area contributed by atoms with E-state index in [-0.39, 0.29) is 11.7 Å². The number of aryl methyl sites for hydroxylation is 1. The van der Waals surface area contributed by atoms with Crippen LogP contribution in [0.3, 0.4) is 0 Å². The van der Waals surface area contributed by atoms with E-state index >= 15 is 0 Å². The van der Waals surface area contributed by atoms with Crippen molar-refractivity contribution in [3.05, 3.63) is 23.1 Å². The summed E-state index contributed by atoms with van der Waals surface area (Å²) in [5.74, 6) is 0.885. The molecular weight excluding hydrogens is 360 g/mol. The van der Waals surface area contributed by atoms with E-state index in [4.69, 9.17) is 14.5 Å². The summed E-state index contributed by atoms with van der Waals surface area (Å²) < 4.78 is 12.8. The number of nitrogens with one attached hydrogen (secondary N) is 1. The van der Waals surface area contributed by atoms with Crippen molar-refractivity contribution < 1.29 is 9.47 Å². The molecule has 0 aliphatic carbocycles. The van der Waals surface area contributed by atoms with Crippen molar-refractivity contribution >= 4 is 37.6 Å². The van der Waals surface area contributed by atoms with E-state index in [9.17, 15) is 0 Å². The summed E-state index contributed by atoms with van der Waals surface area (Å²) in [7, 11) is 0. The van der Waals surface area contributed by atoms with Gasteiger partial charge in [-0.3, -0.25) is 0 Å². The predicted molar refractivity (Wildman–Crippen MR) is 107 cm³/mol. The van der Waals surface area contributed by atoms with E-state index in [1.54, 1.807) is 17.7 Å². The highest BCUT2D eigenvalue weighted by atomic mass is 32.1. The zero-order chi connectivity index (χ0) is 18.6. The number of nitrogens with zero attached hydrogens (tertiary/aromatic N) is 3. The fourth-order valence-corrected chi connectivity index (χ4v) is 5.28. The van der Waals surface area contributed by atoms with Crippen molar-refractivity contribution in [2.75, 3.05) is 18.5 Å². The maximum Gasteiger partial charge on any atom is 0.147 e. The van der Waals surface area contributed by atoms with Crippen LogP contribution in [-0.2, 0) is 22.5 Å². The standard InChI is InChI=1S/C20H24N4O2S/c1-11-14-9-26-20(2,3)7-13(14)15-16-17(27-19(15)24-11)18(23-10-22-16)21-8-12-5-4-6-25-12/h10,12H,4-9H2,1-3H3,(H,21,22,23). The minimum atomic E-state index is -0.171. The Hall–Kier alpha value is -1.83. The van der Waals surface area contributed by atoms with Gasteiger partial charge in [0, 0.05) is 36.2 Å². The zero-order valence-corrected chi connectivity index (χ0v) is 16.8. The van der Waals surface area contributed by atoms with Crippen molar-refractivity contribution in [3.8, 4) is 0 Å². The van der Waals surface area contributed by atoms with Crippen LogP contribution in [0.15, 0.2) is 6.33 Å². The normalized spacial score (nSPS) is 21.7. The number of hydrogen-bond donors (Lipinski definition) is 1. The lowest BCUT2D eigenvalue weighted by atomic mass is 9.89. The third-order valence-corrected chi connectivity index (χ3v) is 6.64. The number of fused-ring (bicyclic) bond motifs is 5. The van der Waals surface area contributed by atoms with Gasteiger partial charge in [-0.05, 0) is 39.2 Å². The van der Waals surface area contributed by atoms with Crippen LogP contribution in [0, 0.1) is 6.92 Å². The van der Waals surface area contributed by atoms with Gasteiger partial charge in [-0.15, -0.1) is 11.3 Å². The van der Waals surface area contributed by atoms with Gasteiger partial charge in [0.05, 0.1) is 28.5 Å². The molecule has 1 fully saturated rings. The van der Waals surface area contributed by atoms with Crippen LogP contribution in [-0.4, -0.2) is 39.8 Å². The molecule has 0 spiro atoms. The lowest BCUT2D eigenvalue weighted by molar-refractivity contribution is -0.0400. The Balaban J connectivity index is 1.63. The van der Waals surface area contributed by atoms with Gasteiger partial charge in [-0.25, -0.2) is 15.0 Å². The summed E-state index contributed by atoms with van der Waals surface area (Å²) in [6, 6.07) is 0. The Morgan fingerprint density at radius 2 is 2.19 bits per heavy atom. The van der Waals surface area contributed by atoms with Gasteiger partial charge in [-0.2, -0.15) is 0 Å². The average Bonchev–Trinajstić information content (AvgIpc) is 3.26. The molecule has 1 atom stereocenters. The van der Waals surface area contributed by atoms with Crippen molar-refractivity contribution in [1.29, 1.82) is 0 Å². The molecule has 3 aromatic rings. The molecule has 2 aliphatic rings. The molecule has 7 heteroatoms. The molecule has 1 N–H and O–H groups in total. The smallest absolute Gasteiger partial charge is 0.147 e. The molecule has 27 heavy (non-hydrogen) atoms. The number of pyridine rings is 1. The number of ether oxygens (including phenoxy) is 2. The molecule has 3 aromatic heterocycles. The second-order valence-corrected chi connectivity index (χ2v) is 9.08. The maximum absolute atomic E-state index is 6.03. The first-order chi connectivity index (χ1) is 13.0. The highest BCUT2D eigenvalue weighted by molar-refractivity contribution is 7.26. The Morgan fingerprint density at radius 3 is 3.00 bits per heavy atom. The fourth-order valence-electron chi connectivity index (χ4n) is 4.11. The third-order valence-electron chi connectivity index (χ3n) is 5.56. The van der Waals surface area contributed by atoms with Crippen molar-refractivity contribution in [1.82, 2.24) is 15.0 Å². The Morgan fingerprint density at radius 1 is 1.30 bits per heavy atom. The van der Waals surface area contributed by atoms with E-state index in [0.29, 0.717) is 6.61 Å². The SMILES string of the molecule is Cc1nc2sc3c(NCC4CCCO4)ncnc3c2c2c1COC(C)(C)C2. The van der Waals surface area contributed by atoms with E-state index in [2.05, 4.69) is 36.1 Å². The molecule has 0 saturated carbocycles. The molecule has 0 amide bonds. The molecule has 0 radical (unpaired) electrons. The Labute approximate surface area is 162 Å². The largest absolute Gasteiger partial charge is 0.376 e. The molecule has 1 unspecified atom stereocenters. The van der Waals surface area contributed by atoms with Gasteiger partial charge >= 0.3 is 0 Å². The number of rotatable bonds is 3. The molecule has 5 heterocycles. The topological polar surface area (TPSA) is 69.2 Å². The van der Waals surface area contributed by atoms with Crippen LogP contribution < -0.4 is 5.32 Å². The van der Waals surface area contributed by atoms with Crippen LogP contribution in [0.25, 0.3) is 20.4 Å². The highest BCUT2D eigenvalue weighted by Crippen LogP contribution is 2.41. The summed E-state index contributed by atoms with van der Waals surface area (Å²) in [4.78, 5) is 15.1. The quantitative estimate of drug-likeness (QED) is 0.736. The summed E-state index contributed by atoms with van der Waals surface area (Å²) in [5, 5.41) is 4.66. The van der Waals surface area contributed by atoms with E-state index in [1.165, 1.54) is 16.5 Å². The number of thiophene rings is 1. The monoisotopic (exact) mass is 384 g/mol. The first kappa shape index (κ1) is 17.3. The van der Waals surface area contributed by atoms with Crippen LogP contribution in [0.4, 0.5) is 5.82 Å². The number of anilines is 1. The van der Waals surface area contributed by atoms with Crippen molar-refractivity contribution in [2.24, 2.45) is 0 Å². The van der Waals surface area contributed by atoms with Crippen molar-refractivity contribution in [2.45, 2.75) is 58.3 Å². The van der Waals surface area contributed by atoms with E-state index in [0.717, 1.165) is 59.0 Å². The molecule has 2 aliphatic heterocycles. The summed E-state index contributed by atoms with van der Waals surface area (Å²) in [6.45, 7) is 8.63. The van der Waals surface area contributed by atoms with E-state index < -0.39 is 0 Å². The minimum Gasteiger partial charge on any atom is -0.376 e. The minimum absolute atomic E-state index is 0.171. The molecule has 6 nitrogen and oxygen atoms in total. The van der Waals surface area contributed by atoms with Crippen LogP contribution >= 0.6 is 11.3 Å². The zero-order valence-electron chi connectivity index (χ0n) is 16.0. The Bertz CT molecular complexity index is 1020. The lowest BCUT2D eigenvalue weighted by Gasteiger charge is -2.32. The fraction of sp³-hybridized carbons (Fsp3) is 0.550. The maximum atomic E-state index is 6.03. The van der Waals surface area contributed by atoms with Gasteiger partial charge in [-0.1, -0.05) is 0 Å². The molecule has 0 aromatic carbocycles. The average molecular weight is 385 g/mol. The molecule has 5 rings (SSSR count). The van der Waals surface area contributed by atoms with Crippen LogP contribution in [0.2, 0.25) is 0 Å². The van der Waals surface area contributed by atoms with Crippen molar-refractivity contribution in [3.63, 3.8) is 0 Å². The van der Waals surface area contributed by atoms with Gasteiger partial charge in [0.25, 0.3) is 0 Å². The third kappa shape index (κ3) is 2.98. The number of aromatic nitrogens is 3. The lowest BCUT2D eigenvalue weighted by Crippen LogP contribution is -2.32. The summed E-state index contributed by atoms with van der Waals surface area (Å²) in [6.07, 6.45) is 5.05. The molecule has 1 saturated heterocycles. The second-order valence-electron chi connectivity index (χ2n) is 8.08. The summed E-state index contributed by atoms with van der Waals surface area (Å²) >= 11 is 1.68. The highest BCUT2D eigenvalue weighted by Gasteiger charge is 2.31. The Kier molecular flexibility index (Phi) is 4.07. The second kappa shape index (κ2) is 6.36. The number of hydrogen-bond acceptors (Lipinski definition) is 7. The first-order valence-electron chi connectivity index (χ1n) is 9.57. The van der Waals surface area contributed by atoms with Gasteiger partial charge in [0.1, 0.15) is 17.0 Å². The molecule has 142 valence electrons. The predicted octanol–water partition coefficient (Wildman–Crippen LogP) is 3.99. The van der Waals surface area contributed by atoms with Crippen LogP contribution in [0.5, 0.6) is 0 Å². The van der Waals surface area contributed by atoms with Gasteiger partial charge < -0.3 is 14.8 Å².